The van der Waals surface area contributed by atoms with Gasteiger partial charge in [0.25, 0.3) is 0 Å². The van der Waals surface area contributed by atoms with E-state index in [-0.39, 0.29) is 16.6 Å². The smallest absolute Gasteiger partial charge is 0.243 e. The molecular weight excluding hydrogens is 365 g/mol. The molecule has 0 amide bonds. The van der Waals surface area contributed by atoms with E-state index in [0.717, 1.165) is 12.8 Å². The van der Waals surface area contributed by atoms with Crippen molar-refractivity contribution in [1.82, 2.24) is 4.31 Å². The molecule has 1 heterocycles. The van der Waals surface area contributed by atoms with Gasteiger partial charge in [-0.25, -0.2) is 12.8 Å². The van der Waals surface area contributed by atoms with Gasteiger partial charge in [-0.1, -0.05) is 17.7 Å². The van der Waals surface area contributed by atoms with Crippen LogP contribution in [0.25, 0.3) is 0 Å². The molecule has 0 bridgehead atoms. The van der Waals surface area contributed by atoms with Gasteiger partial charge in [0.15, 0.2) is 0 Å². The molecule has 0 unspecified atom stereocenters. The predicted molar refractivity (Wildman–Crippen MR) is 94.8 cm³/mol. The van der Waals surface area contributed by atoms with Crippen LogP contribution in [0.3, 0.4) is 0 Å². The Balaban J connectivity index is 1.55. The van der Waals surface area contributed by atoms with Crippen LogP contribution < -0.4 is 4.74 Å². The molecule has 0 radical (unpaired) electrons. The second kappa shape index (κ2) is 7.72. The molecule has 0 aromatic heterocycles. The summed E-state index contributed by atoms with van der Waals surface area (Å²) in [7, 11) is -3.51. The Bertz CT molecular complexity index is 818. The maximum atomic E-state index is 12.9. The number of ether oxygens (including phenoxy) is 1. The third-order valence-electron chi connectivity index (χ3n) is 4.31. The first-order valence-electron chi connectivity index (χ1n) is 8.09. The normalized spacial score (nSPS) is 16.7. The Morgan fingerprint density at radius 2 is 1.80 bits per heavy atom. The molecule has 1 saturated heterocycles. The lowest BCUT2D eigenvalue weighted by Gasteiger charge is -2.31. The fourth-order valence-electron chi connectivity index (χ4n) is 2.84. The van der Waals surface area contributed by atoms with E-state index in [0.29, 0.717) is 30.5 Å². The largest absolute Gasteiger partial charge is 0.493 e. The maximum Gasteiger partial charge on any atom is 0.243 e. The van der Waals surface area contributed by atoms with E-state index in [1.807, 2.05) is 0 Å². The molecule has 25 heavy (non-hydrogen) atoms. The first-order chi connectivity index (χ1) is 11.9. The topological polar surface area (TPSA) is 46.6 Å². The average molecular weight is 384 g/mol. The fraction of sp³-hybridized carbons (Fsp3) is 0.333. The van der Waals surface area contributed by atoms with Gasteiger partial charge in [0.1, 0.15) is 11.6 Å². The molecule has 0 N–H and O–H groups in total. The molecule has 4 nitrogen and oxygen atoms in total. The van der Waals surface area contributed by atoms with Crippen molar-refractivity contribution < 1.29 is 17.5 Å². The van der Waals surface area contributed by atoms with Crippen LogP contribution in [0.5, 0.6) is 5.75 Å². The Morgan fingerprint density at radius 1 is 1.12 bits per heavy atom. The molecule has 0 saturated carbocycles. The van der Waals surface area contributed by atoms with E-state index in [4.69, 9.17) is 16.3 Å². The standard InChI is InChI=1S/C18H19ClFNO3S/c19-15-2-1-3-18(12-15)25(22,23)21-10-8-14(9-11-21)13-24-17-6-4-16(20)5-7-17/h1-7,12,14H,8-11,13H2. The highest BCUT2D eigenvalue weighted by molar-refractivity contribution is 7.89. The summed E-state index contributed by atoms with van der Waals surface area (Å²) in [6.45, 7) is 1.40. The third kappa shape index (κ3) is 4.51. The molecule has 134 valence electrons. The summed E-state index contributed by atoms with van der Waals surface area (Å²) in [6, 6.07) is 12.2. The van der Waals surface area contributed by atoms with Crippen LogP contribution in [0.15, 0.2) is 53.4 Å². The van der Waals surface area contributed by atoms with Gasteiger partial charge in [0, 0.05) is 18.1 Å². The minimum atomic E-state index is -3.51. The van der Waals surface area contributed by atoms with Crippen LogP contribution >= 0.6 is 11.6 Å². The molecule has 1 aliphatic heterocycles. The van der Waals surface area contributed by atoms with Crippen molar-refractivity contribution in [3.05, 3.63) is 59.4 Å². The highest BCUT2D eigenvalue weighted by atomic mass is 35.5. The van der Waals surface area contributed by atoms with Gasteiger partial charge < -0.3 is 4.74 Å². The maximum absolute atomic E-state index is 12.9. The van der Waals surface area contributed by atoms with Crippen molar-refractivity contribution >= 4 is 21.6 Å². The zero-order chi connectivity index (χ0) is 17.9. The quantitative estimate of drug-likeness (QED) is 0.785. The number of piperidine rings is 1. The number of benzene rings is 2. The minimum Gasteiger partial charge on any atom is -0.493 e. The van der Waals surface area contributed by atoms with Crippen molar-refractivity contribution in [2.24, 2.45) is 5.92 Å². The number of halogens is 2. The lowest BCUT2D eigenvalue weighted by Crippen LogP contribution is -2.39. The van der Waals surface area contributed by atoms with Gasteiger partial charge in [-0.15, -0.1) is 0 Å². The fourth-order valence-corrected chi connectivity index (χ4v) is 4.61. The van der Waals surface area contributed by atoms with Crippen LogP contribution in [0, 0.1) is 11.7 Å². The van der Waals surface area contributed by atoms with Crippen LogP contribution in [-0.4, -0.2) is 32.4 Å². The van der Waals surface area contributed by atoms with Crippen molar-refractivity contribution in [3.63, 3.8) is 0 Å². The summed E-state index contributed by atoms with van der Waals surface area (Å²) >= 11 is 5.90. The third-order valence-corrected chi connectivity index (χ3v) is 6.44. The lowest BCUT2D eigenvalue weighted by molar-refractivity contribution is 0.185. The lowest BCUT2D eigenvalue weighted by atomic mass is 9.99. The Morgan fingerprint density at radius 3 is 2.44 bits per heavy atom. The molecule has 0 spiro atoms. The van der Waals surface area contributed by atoms with Crippen molar-refractivity contribution in [2.75, 3.05) is 19.7 Å². The summed E-state index contributed by atoms with van der Waals surface area (Å²) in [6.07, 6.45) is 1.45. The summed E-state index contributed by atoms with van der Waals surface area (Å²) in [5.41, 5.74) is 0. The number of nitrogens with zero attached hydrogens (tertiary/aromatic N) is 1. The molecule has 2 aromatic rings. The van der Waals surface area contributed by atoms with Gasteiger partial charge in [-0.05, 0) is 61.2 Å². The zero-order valence-electron chi connectivity index (χ0n) is 13.6. The SMILES string of the molecule is O=S(=O)(c1cccc(Cl)c1)N1CCC(COc2ccc(F)cc2)CC1. The molecule has 1 fully saturated rings. The van der Waals surface area contributed by atoms with Gasteiger partial charge in [-0.2, -0.15) is 4.31 Å². The highest BCUT2D eigenvalue weighted by Crippen LogP contribution is 2.26. The Hall–Kier alpha value is -1.63. The van der Waals surface area contributed by atoms with E-state index in [2.05, 4.69) is 0 Å². The summed E-state index contributed by atoms with van der Waals surface area (Å²) in [5, 5.41) is 0.406. The minimum absolute atomic E-state index is 0.223. The second-order valence-electron chi connectivity index (χ2n) is 6.07. The second-order valence-corrected chi connectivity index (χ2v) is 8.44. The van der Waals surface area contributed by atoms with Crippen molar-refractivity contribution in [3.8, 4) is 5.75 Å². The van der Waals surface area contributed by atoms with Gasteiger partial charge >= 0.3 is 0 Å². The van der Waals surface area contributed by atoms with E-state index >= 15 is 0 Å². The number of hydrogen-bond acceptors (Lipinski definition) is 3. The molecule has 1 aliphatic rings. The van der Waals surface area contributed by atoms with Crippen molar-refractivity contribution in [1.29, 1.82) is 0 Å². The average Bonchev–Trinajstić information content (AvgIpc) is 2.62. The van der Waals surface area contributed by atoms with E-state index < -0.39 is 10.0 Å². The van der Waals surface area contributed by atoms with Gasteiger partial charge in [-0.3, -0.25) is 0 Å². The van der Waals surface area contributed by atoms with E-state index in [1.165, 1.54) is 22.5 Å². The van der Waals surface area contributed by atoms with E-state index in [9.17, 15) is 12.8 Å². The van der Waals surface area contributed by atoms with Gasteiger partial charge in [0.05, 0.1) is 11.5 Å². The summed E-state index contributed by atoms with van der Waals surface area (Å²) < 4.78 is 45.4. The molecule has 2 aromatic carbocycles. The molecule has 0 aliphatic carbocycles. The highest BCUT2D eigenvalue weighted by Gasteiger charge is 2.29. The summed E-state index contributed by atoms with van der Waals surface area (Å²) in [5.74, 6) is 0.595. The van der Waals surface area contributed by atoms with E-state index in [1.54, 1.807) is 30.3 Å². The first-order valence-corrected chi connectivity index (χ1v) is 9.91. The number of hydrogen-bond donors (Lipinski definition) is 0. The molecule has 7 heteroatoms. The van der Waals surface area contributed by atoms with Gasteiger partial charge in [0.2, 0.25) is 10.0 Å². The van der Waals surface area contributed by atoms with Crippen LogP contribution in [-0.2, 0) is 10.0 Å². The Labute approximate surface area is 152 Å². The zero-order valence-corrected chi connectivity index (χ0v) is 15.1. The van der Waals surface area contributed by atoms with Crippen LogP contribution in [0.1, 0.15) is 12.8 Å². The Kier molecular flexibility index (Phi) is 5.61. The monoisotopic (exact) mass is 383 g/mol. The molecular formula is C18H19ClFNO3S. The number of sulfonamides is 1. The predicted octanol–water partition coefficient (Wildman–Crippen LogP) is 3.96. The summed E-state index contributed by atoms with van der Waals surface area (Å²) in [4.78, 5) is 0.223. The first kappa shape index (κ1) is 18.2. The molecule has 3 rings (SSSR count). The van der Waals surface area contributed by atoms with Crippen LogP contribution in [0.2, 0.25) is 5.02 Å². The van der Waals surface area contributed by atoms with Crippen LogP contribution in [0.4, 0.5) is 4.39 Å². The van der Waals surface area contributed by atoms with Crippen molar-refractivity contribution in [2.45, 2.75) is 17.7 Å². The molecule has 0 atom stereocenters. The number of rotatable bonds is 5.